The predicted molar refractivity (Wildman–Crippen MR) is 72.8 cm³/mol. The van der Waals surface area contributed by atoms with Gasteiger partial charge in [0.2, 0.25) is 0 Å². The third-order valence-corrected chi connectivity index (χ3v) is 3.41. The number of anilines is 3. The van der Waals surface area contributed by atoms with Crippen molar-refractivity contribution in [1.29, 1.82) is 0 Å². The summed E-state index contributed by atoms with van der Waals surface area (Å²) in [5.74, 6) is 1.29. The molecule has 1 aliphatic rings. The maximum atomic E-state index is 5.73. The second-order valence-corrected chi connectivity index (χ2v) is 4.69. The van der Waals surface area contributed by atoms with E-state index in [0.29, 0.717) is 11.9 Å². The standard InChI is InChI=1S/C14H16N4/c1-10-6-7-11-4-2-3-5-12(11)18(10)14-9-16-8-13(15)17-14/h2-5,8-10H,6-7H2,1H3,(H2,15,17). The lowest BCUT2D eigenvalue weighted by molar-refractivity contribution is 0.613. The van der Waals surface area contributed by atoms with Crippen LogP contribution in [-0.4, -0.2) is 16.0 Å². The predicted octanol–water partition coefficient (Wildman–Crippen LogP) is 2.53. The van der Waals surface area contributed by atoms with E-state index in [1.165, 1.54) is 11.3 Å². The van der Waals surface area contributed by atoms with Crippen molar-refractivity contribution in [2.24, 2.45) is 0 Å². The fourth-order valence-corrected chi connectivity index (χ4v) is 2.52. The number of benzene rings is 1. The summed E-state index contributed by atoms with van der Waals surface area (Å²) in [7, 11) is 0. The van der Waals surface area contributed by atoms with E-state index in [-0.39, 0.29) is 0 Å². The minimum Gasteiger partial charge on any atom is -0.382 e. The Morgan fingerprint density at radius 2 is 2.11 bits per heavy atom. The highest BCUT2D eigenvalue weighted by Crippen LogP contribution is 2.35. The summed E-state index contributed by atoms with van der Waals surface area (Å²) in [5.41, 5.74) is 8.31. The van der Waals surface area contributed by atoms with E-state index in [9.17, 15) is 0 Å². The third-order valence-electron chi connectivity index (χ3n) is 3.41. The Bertz CT molecular complexity index is 567. The normalized spacial score (nSPS) is 18.5. The fraction of sp³-hybridized carbons (Fsp3) is 0.286. The van der Waals surface area contributed by atoms with E-state index >= 15 is 0 Å². The molecule has 2 aromatic rings. The molecule has 1 aromatic heterocycles. The number of fused-ring (bicyclic) bond motifs is 1. The number of para-hydroxylation sites is 1. The van der Waals surface area contributed by atoms with E-state index in [1.54, 1.807) is 12.4 Å². The molecular weight excluding hydrogens is 224 g/mol. The number of aryl methyl sites for hydroxylation is 1. The molecule has 18 heavy (non-hydrogen) atoms. The Hall–Kier alpha value is -2.10. The van der Waals surface area contributed by atoms with Crippen LogP contribution < -0.4 is 10.6 Å². The molecule has 92 valence electrons. The summed E-state index contributed by atoms with van der Waals surface area (Å²) in [5, 5.41) is 0. The van der Waals surface area contributed by atoms with Crippen molar-refractivity contribution in [3.05, 3.63) is 42.2 Å². The van der Waals surface area contributed by atoms with Crippen molar-refractivity contribution in [3.63, 3.8) is 0 Å². The van der Waals surface area contributed by atoms with Crippen LogP contribution in [0.25, 0.3) is 0 Å². The number of hydrogen-bond acceptors (Lipinski definition) is 4. The molecule has 0 fully saturated rings. The van der Waals surface area contributed by atoms with Gasteiger partial charge >= 0.3 is 0 Å². The van der Waals surface area contributed by atoms with Gasteiger partial charge in [-0.1, -0.05) is 18.2 Å². The van der Waals surface area contributed by atoms with Crippen LogP contribution in [0.15, 0.2) is 36.7 Å². The van der Waals surface area contributed by atoms with Gasteiger partial charge in [0.15, 0.2) is 5.82 Å². The molecule has 4 nitrogen and oxygen atoms in total. The van der Waals surface area contributed by atoms with Crippen LogP contribution in [0, 0.1) is 0 Å². The van der Waals surface area contributed by atoms with Crippen LogP contribution in [0.1, 0.15) is 18.9 Å². The van der Waals surface area contributed by atoms with Gasteiger partial charge in [-0.05, 0) is 31.4 Å². The Labute approximate surface area is 106 Å². The van der Waals surface area contributed by atoms with Crippen LogP contribution in [-0.2, 0) is 6.42 Å². The summed E-state index contributed by atoms with van der Waals surface area (Å²) in [4.78, 5) is 10.7. The molecule has 0 radical (unpaired) electrons. The van der Waals surface area contributed by atoms with Gasteiger partial charge in [0, 0.05) is 11.7 Å². The van der Waals surface area contributed by atoms with Crippen LogP contribution in [0.4, 0.5) is 17.3 Å². The lowest BCUT2D eigenvalue weighted by atomic mass is 9.97. The highest BCUT2D eigenvalue weighted by molar-refractivity contribution is 5.66. The molecule has 2 N–H and O–H groups in total. The third kappa shape index (κ3) is 1.79. The first-order chi connectivity index (χ1) is 8.75. The van der Waals surface area contributed by atoms with Gasteiger partial charge in [0.05, 0.1) is 12.4 Å². The van der Waals surface area contributed by atoms with E-state index < -0.39 is 0 Å². The van der Waals surface area contributed by atoms with Gasteiger partial charge in [0.1, 0.15) is 5.82 Å². The number of nitrogens with two attached hydrogens (primary N) is 1. The summed E-state index contributed by atoms with van der Waals surface area (Å²) in [6.45, 7) is 2.21. The minimum absolute atomic E-state index is 0.413. The molecule has 0 bridgehead atoms. The van der Waals surface area contributed by atoms with Crippen molar-refractivity contribution >= 4 is 17.3 Å². The molecule has 2 heterocycles. The number of aromatic nitrogens is 2. The Kier molecular flexibility index (Phi) is 2.63. The summed E-state index contributed by atoms with van der Waals surface area (Å²) >= 11 is 0. The minimum atomic E-state index is 0.413. The number of rotatable bonds is 1. The number of hydrogen-bond donors (Lipinski definition) is 1. The van der Waals surface area contributed by atoms with E-state index in [4.69, 9.17) is 5.73 Å². The second kappa shape index (κ2) is 4.29. The maximum Gasteiger partial charge on any atom is 0.154 e. The largest absolute Gasteiger partial charge is 0.382 e. The average Bonchev–Trinajstić information content (AvgIpc) is 2.38. The molecular formula is C14H16N4. The van der Waals surface area contributed by atoms with Crippen LogP contribution in [0.3, 0.4) is 0 Å². The number of nitrogens with zero attached hydrogens (tertiary/aromatic N) is 3. The first-order valence-electron chi connectivity index (χ1n) is 6.20. The molecule has 4 heteroatoms. The van der Waals surface area contributed by atoms with Crippen LogP contribution in [0.5, 0.6) is 0 Å². The number of nitrogen functional groups attached to an aromatic ring is 1. The first kappa shape index (κ1) is 11.0. The Morgan fingerprint density at radius 1 is 1.28 bits per heavy atom. The highest BCUT2D eigenvalue weighted by atomic mass is 15.2. The summed E-state index contributed by atoms with van der Waals surface area (Å²) < 4.78 is 0. The summed E-state index contributed by atoms with van der Waals surface area (Å²) in [6.07, 6.45) is 5.58. The molecule has 1 atom stereocenters. The van der Waals surface area contributed by atoms with Gasteiger partial charge in [0.25, 0.3) is 0 Å². The van der Waals surface area contributed by atoms with E-state index in [1.807, 2.05) is 0 Å². The lowest BCUT2D eigenvalue weighted by Crippen LogP contribution is -2.33. The molecule has 3 rings (SSSR count). The van der Waals surface area contributed by atoms with Crippen molar-refractivity contribution in [3.8, 4) is 0 Å². The first-order valence-corrected chi connectivity index (χ1v) is 6.20. The topological polar surface area (TPSA) is 55.0 Å². The molecule has 0 spiro atoms. The SMILES string of the molecule is CC1CCc2ccccc2N1c1cncc(N)n1. The van der Waals surface area contributed by atoms with Crippen molar-refractivity contribution in [1.82, 2.24) is 9.97 Å². The van der Waals surface area contributed by atoms with Gasteiger partial charge in [-0.15, -0.1) is 0 Å². The quantitative estimate of drug-likeness (QED) is 0.832. The van der Waals surface area contributed by atoms with Gasteiger partial charge in [-0.25, -0.2) is 4.98 Å². The second-order valence-electron chi connectivity index (χ2n) is 4.69. The molecule has 0 saturated heterocycles. The fourth-order valence-electron chi connectivity index (χ4n) is 2.52. The lowest BCUT2D eigenvalue weighted by Gasteiger charge is -2.36. The molecule has 1 unspecified atom stereocenters. The zero-order chi connectivity index (χ0) is 12.5. The molecule has 0 saturated carbocycles. The van der Waals surface area contributed by atoms with Crippen LogP contribution in [0.2, 0.25) is 0 Å². The smallest absolute Gasteiger partial charge is 0.154 e. The monoisotopic (exact) mass is 240 g/mol. The van der Waals surface area contributed by atoms with Crippen molar-refractivity contribution in [2.45, 2.75) is 25.8 Å². The zero-order valence-corrected chi connectivity index (χ0v) is 10.4. The van der Waals surface area contributed by atoms with Gasteiger partial charge in [-0.3, -0.25) is 4.98 Å². The average molecular weight is 240 g/mol. The van der Waals surface area contributed by atoms with Crippen molar-refractivity contribution < 1.29 is 0 Å². The Balaban J connectivity index is 2.10. The van der Waals surface area contributed by atoms with Gasteiger partial charge in [-0.2, -0.15) is 0 Å². The zero-order valence-electron chi connectivity index (χ0n) is 10.4. The van der Waals surface area contributed by atoms with Gasteiger partial charge < -0.3 is 10.6 Å². The van der Waals surface area contributed by atoms with Crippen molar-refractivity contribution in [2.75, 3.05) is 10.6 Å². The van der Waals surface area contributed by atoms with E-state index in [2.05, 4.69) is 46.1 Å². The molecule has 0 aliphatic carbocycles. The molecule has 1 aliphatic heterocycles. The highest BCUT2D eigenvalue weighted by Gasteiger charge is 2.25. The Morgan fingerprint density at radius 3 is 2.94 bits per heavy atom. The maximum absolute atomic E-state index is 5.73. The molecule has 0 amide bonds. The molecule has 1 aromatic carbocycles. The van der Waals surface area contributed by atoms with Crippen LogP contribution >= 0.6 is 0 Å². The van der Waals surface area contributed by atoms with E-state index in [0.717, 1.165) is 18.7 Å². The summed E-state index contributed by atoms with van der Waals surface area (Å²) in [6, 6.07) is 8.86.